The smallest absolute Gasteiger partial charge is 0.263 e. The largest absolute Gasteiger partial charge is 0.377 e. The van der Waals surface area contributed by atoms with Crippen LogP contribution in [0.2, 0.25) is 5.02 Å². The van der Waals surface area contributed by atoms with Gasteiger partial charge in [0.15, 0.2) is 5.76 Å². The third kappa shape index (κ3) is 4.16. The lowest BCUT2D eigenvalue weighted by Crippen LogP contribution is -2.15. The summed E-state index contributed by atoms with van der Waals surface area (Å²) in [5, 5.41) is 3.80. The second-order valence-electron chi connectivity index (χ2n) is 5.80. The highest BCUT2D eigenvalue weighted by Crippen LogP contribution is 2.33. The van der Waals surface area contributed by atoms with Gasteiger partial charge in [0, 0.05) is 12.2 Å². The zero-order valence-corrected chi connectivity index (χ0v) is 16.5. The number of rotatable bonds is 7. The van der Waals surface area contributed by atoms with Crippen LogP contribution in [0.25, 0.3) is 11.1 Å². The molecule has 0 saturated carbocycles. The van der Waals surface area contributed by atoms with E-state index in [2.05, 4.69) is 9.88 Å². The molecule has 0 bridgehead atoms. The molecule has 0 aliphatic rings. The number of nitrogens with one attached hydrogen (secondary N) is 1. The Hall–Kier alpha value is -2.35. The van der Waals surface area contributed by atoms with Gasteiger partial charge < -0.3 is 9.26 Å². The zero-order chi connectivity index (χ0) is 19.4. The van der Waals surface area contributed by atoms with Crippen molar-refractivity contribution in [3.63, 3.8) is 0 Å². The van der Waals surface area contributed by atoms with Gasteiger partial charge >= 0.3 is 0 Å². The highest BCUT2D eigenvalue weighted by Gasteiger charge is 2.23. The number of aromatic nitrogens is 1. The highest BCUT2D eigenvalue weighted by molar-refractivity contribution is 7.92. The number of hydrogen-bond donors (Lipinski definition) is 1. The van der Waals surface area contributed by atoms with Gasteiger partial charge in [-0.25, -0.2) is 8.42 Å². The number of ether oxygens (including phenoxy) is 1. The average molecular weight is 407 g/mol. The van der Waals surface area contributed by atoms with E-state index in [-0.39, 0.29) is 15.7 Å². The van der Waals surface area contributed by atoms with Crippen LogP contribution in [0.1, 0.15) is 18.2 Å². The molecule has 0 aliphatic carbocycles. The first kappa shape index (κ1) is 19.4. The Balaban J connectivity index is 2.06. The average Bonchev–Trinajstić information content (AvgIpc) is 2.98. The van der Waals surface area contributed by atoms with E-state index in [9.17, 15) is 8.42 Å². The molecule has 0 atom stereocenters. The summed E-state index contributed by atoms with van der Waals surface area (Å²) in [5.74, 6) is 0.302. The van der Waals surface area contributed by atoms with Crippen molar-refractivity contribution >= 4 is 27.4 Å². The van der Waals surface area contributed by atoms with Crippen molar-refractivity contribution in [1.82, 2.24) is 5.16 Å². The van der Waals surface area contributed by atoms with E-state index in [4.69, 9.17) is 20.9 Å². The van der Waals surface area contributed by atoms with Gasteiger partial charge in [0.25, 0.3) is 10.0 Å². The minimum atomic E-state index is -3.94. The molecule has 3 rings (SSSR count). The van der Waals surface area contributed by atoms with E-state index in [0.29, 0.717) is 24.5 Å². The quantitative estimate of drug-likeness (QED) is 0.618. The van der Waals surface area contributed by atoms with Crippen molar-refractivity contribution in [1.29, 1.82) is 0 Å². The fourth-order valence-electron chi connectivity index (χ4n) is 2.65. The van der Waals surface area contributed by atoms with Crippen LogP contribution in [0.15, 0.2) is 57.9 Å². The fourth-order valence-corrected chi connectivity index (χ4v) is 4.05. The number of sulfonamides is 1. The summed E-state index contributed by atoms with van der Waals surface area (Å²) < 4.78 is 38.8. The van der Waals surface area contributed by atoms with E-state index < -0.39 is 10.0 Å². The second-order valence-corrected chi connectivity index (χ2v) is 7.83. The van der Waals surface area contributed by atoms with Gasteiger partial charge in [0.05, 0.1) is 11.5 Å². The number of halogens is 1. The summed E-state index contributed by atoms with van der Waals surface area (Å²) in [7, 11) is -3.94. The highest BCUT2D eigenvalue weighted by atomic mass is 35.5. The van der Waals surface area contributed by atoms with Gasteiger partial charge in [-0.05, 0) is 31.0 Å². The summed E-state index contributed by atoms with van der Waals surface area (Å²) in [4.78, 5) is 0.116. The molecule has 0 fully saturated rings. The Morgan fingerprint density at radius 3 is 2.44 bits per heavy atom. The topological polar surface area (TPSA) is 81.4 Å². The molecular formula is C19H19ClN2O4S. The van der Waals surface area contributed by atoms with Gasteiger partial charge in [0.1, 0.15) is 5.02 Å². The third-order valence-electron chi connectivity index (χ3n) is 3.97. The van der Waals surface area contributed by atoms with E-state index in [0.717, 1.165) is 11.1 Å². The lowest BCUT2D eigenvalue weighted by Gasteiger charge is -2.14. The molecule has 142 valence electrons. The third-order valence-corrected chi connectivity index (χ3v) is 5.81. The van der Waals surface area contributed by atoms with Gasteiger partial charge in [-0.1, -0.05) is 59.2 Å². The van der Waals surface area contributed by atoms with Crippen molar-refractivity contribution in [2.24, 2.45) is 0 Å². The Kier molecular flexibility index (Phi) is 5.84. The molecule has 0 aliphatic heterocycles. The van der Waals surface area contributed by atoms with Crippen molar-refractivity contribution < 1.29 is 17.7 Å². The van der Waals surface area contributed by atoms with E-state index in [1.807, 2.05) is 31.2 Å². The molecule has 0 amide bonds. The summed E-state index contributed by atoms with van der Waals surface area (Å²) in [6.45, 7) is 4.47. The number of nitrogens with zero attached hydrogens (tertiary/aromatic N) is 1. The zero-order valence-electron chi connectivity index (χ0n) is 14.9. The van der Waals surface area contributed by atoms with Gasteiger partial charge in [0.2, 0.25) is 5.82 Å². The second kappa shape index (κ2) is 8.12. The van der Waals surface area contributed by atoms with Crippen LogP contribution < -0.4 is 4.72 Å². The van der Waals surface area contributed by atoms with Gasteiger partial charge in [-0.3, -0.25) is 4.72 Å². The summed E-state index contributed by atoms with van der Waals surface area (Å²) in [5.41, 5.74) is 2.25. The summed E-state index contributed by atoms with van der Waals surface area (Å²) >= 11 is 6.04. The van der Waals surface area contributed by atoms with Crippen LogP contribution in [0.4, 0.5) is 5.82 Å². The molecule has 3 aromatic rings. The Bertz CT molecular complexity index is 1050. The summed E-state index contributed by atoms with van der Waals surface area (Å²) in [6, 6.07) is 14.3. The standard InChI is InChI=1S/C19H19ClN2O4S/c1-3-25-12-14-8-4-5-9-15(14)16-10-6-7-11-17(16)27(23,24)22-19-18(20)13(2)26-21-19/h4-11H,3,12H2,1-2H3,(H,21,22). The molecule has 0 saturated heterocycles. The molecule has 1 aromatic heterocycles. The molecule has 0 spiro atoms. The lowest BCUT2D eigenvalue weighted by molar-refractivity contribution is 0.134. The number of hydrogen-bond acceptors (Lipinski definition) is 5. The maximum atomic E-state index is 13.0. The minimum absolute atomic E-state index is 0.0356. The van der Waals surface area contributed by atoms with Crippen molar-refractivity contribution in [3.8, 4) is 11.1 Å². The Morgan fingerprint density at radius 2 is 1.78 bits per heavy atom. The van der Waals surface area contributed by atoms with Crippen LogP contribution in [0.3, 0.4) is 0 Å². The molecule has 27 heavy (non-hydrogen) atoms. The Morgan fingerprint density at radius 1 is 1.11 bits per heavy atom. The molecule has 0 radical (unpaired) electrons. The fraction of sp³-hybridized carbons (Fsp3) is 0.211. The van der Waals surface area contributed by atoms with Crippen LogP contribution in [0.5, 0.6) is 0 Å². The monoisotopic (exact) mass is 406 g/mol. The molecule has 0 unspecified atom stereocenters. The first-order valence-corrected chi connectivity index (χ1v) is 10.2. The van der Waals surface area contributed by atoms with Gasteiger partial charge in [-0.2, -0.15) is 0 Å². The van der Waals surface area contributed by atoms with Crippen LogP contribution in [-0.2, 0) is 21.4 Å². The van der Waals surface area contributed by atoms with Crippen LogP contribution in [0, 0.1) is 6.92 Å². The maximum Gasteiger partial charge on any atom is 0.263 e. The Labute approximate surface area is 163 Å². The van der Waals surface area contributed by atoms with E-state index in [1.165, 1.54) is 6.07 Å². The van der Waals surface area contributed by atoms with Crippen LogP contribution >= 0.6 is 11.6 Å². The normalized spacial score (nSPS) is 11.5. The SMILES string of the molecule is CCOCc1ccccc1-c1ccccc1S(=O)(=O)Nc1noc(C)c1Cl. The summed E-state index contributed by atoms with van der Waals surface area (Å²) in [6.07, 6.45) is 0. The molecule has 8 heteroatoms. The van der Waals surface area contributed by atoms with Crippen molar-refractivity contribution in [2.45, 2.75) is 25.3 Å². The first-order valence-electron chi connectivity index (χ1n) is 8.33. The predicted molar refractivity (Wildman–Crippen MR) is 104 cm³/mol. The number of anilines is 1. The molecular weight excluding hydrogens is 388 g/mol. The van der Waals surface area contributed by atoms with E-state index >= 15 is 0 Å². The first-order chi connectivity index (χ1) is 12.9. The molecule has 6 nitrogen and oxygen atoms in total. The maximum absolute atomic E-state index is 13.0. The van der Waals surface area contributed by atoms with Crippen molar-refractivity contribution in [3.05, 3.63) is 64.9 Å². The van der Waals surface area contributed by atoms with Gasteiger partial charge in [-0.15, -0.1) is 0 Å². The lowest BCUT2D eigenvalue weighted by atomic mass is 10.0. The van der Waals surface area contributed by atoms with E-state index in [1.54, 1.807) is 25.1 Å². The van der Waals surface area contributed by atoms with Crippen molar-refractivity contribution in [2.75, 3.05) is 11.3 Å². The van der Waals surface area contributed by atoms with Crippen LogP contribution in [-0.4, -0.2) is 20.2 Å². The molecule has 1 N–H and O–H groups in total. The number of aryl methyl sites for hydroxylation is 1. The predicted octanol–water partition coefficient (Wildman–Crippen LogP) is 4.64. The molecule has 1 heterocycles. The number of benzene rings is 2. The molecule has 2 aromatic carbocycles. The minimum Gasteiger partial charge on any atom is -0.377 e.